The van der Waals surface area contributed by atoms with Gasteiger partial charge in [-0.3, -0.25) is 14.4 Å². The maximum atomic E-state index is 12.7. The SMILES string of the molecule is COC(=O)/C=C/CC/C=C/[C@H](OC)[C@H](O)[C@H](C)/C=C(/C)[C@H](O)[C@@H](C)C(=O)CCC[C@@H](CC(N)=O)CC(=O)OC. The van der Waals surface area contributed by atoms with Gasteiger partial charge in [0, 0.05) is 44.3 Å². The number of carbonyl (C=O) groups is 4. The molecule has 0 aliphatic carbocycles. The maximum Gasteiger partial charge on any atom is 0.330 e. The van der Waals surface area contributed by atoms with Gasteiger partial charge in [0.2, 0.25) is 5.91 Å². The van der Waals surface area contributed by atoms with Gasteiger partial charge in [0.05, 0.1) is 26.4 Å². The van der Waals surface area contributed by atoms with Crippen molar-refractivity contribution < 1.29 is 43.6 Å². The van der Waals surface area contributed by atoms with Crippen LogP contribution in [0.2, 0.25) is 0 Å². The highest BCUT2D eigenvalue weighted by molar-refractivity contribution is 5.82. The minimum atomic E-state index is -1.03. The Balaban J connectivity index is 4.93. The summed E-state index contributed by atoms with van der Waals surface area (Å²) in [6.45, 7) is 5.16. The van der Waals surface area contributed by atoms with E-state index in [0.717, 1.165) is 0 Å². The number of nitrogens with two attached hydrogens (primary N) is 1. The molecule has 0 bridgehead atoms. The molecule has 0 aromatic heterocycles. The average Bonchev–Trinajstić information content (AvgIpc) is 2.90. The van der Waals surface area contributed by atoms with Crippen LogP contribution in [0.3, 0.4) is 0 Å². The predicted octanol–water partition coefficient (Wildman–Crippen LogP) is 2.80. The number of allylic oxidation sites excluding steroid dienone is 2. The quantitative estimate of drug-likeness (QED) is 0.0890. The van der Waals surface area contributed by atoms with Gasteiger partial charge in [-0.1, -0.05) is 38.2 Å². The Morgan fingerprint density at radius 2 is 1.59 bits per heavy atom. The van der Waals surface area contributed by atoms with Crippen LogP contribution in [0.15, 0.2) is 36.0 Å². The van der Waals surface area contributed by atoms with Gasteiger partial charge in [-0.15, -0.1) is 0 Å². The predicted molar refractivity (Wildman–Crippen MR) is 147 cm³/mol. The number of aliphatic hydroxyl groups excluding tert-OH is 2. The third-order valence-electron chi connectivity index (χ3n) is 6.61. The minimum absolute atomic E-state index is 0.0353. The molecule has 0 unspecified atom stereocenters. The smallest absolute Gasteiger partial charge is 0.330 e. The number of esters is 2. The highest BCUT2D eigenvalue weighted by Gasteiger charge is 2.26. The molecule has 0 saturated carbocycles. The van der Waals surface area contributed by atoms with E-state index >= 15 is 0 Å². The number of ketones is 1. The van der Waals surface area contributed by atoms with Gasteiger partial charge in [0.25, 0.3) is 0 Å². The van der Waals surface area contributed by atoms with E-state index in [0.29, 0.717) is 31.3 Å². The Morgan fingerprint density at radius 3 is 2.15 bits per heavy atom. The summed E-state index contributed by atoms with van der Waals surface area (Å²) in [5.41, 5.74) is 5.82. The number of ether oxygens (including phenoxy) is 3. The summed E-state index contributed by atoms with van der Waals surface area (Å²) in [7, 11) is 4.08. The van der Waals surface area contributed by atoms with Crippen LogP contribution in [0, 0.1) is 17.8 Å². The lowest BCUT2D eigenvalue weighted by Gasteiger charge is -2.25. The second-order valence-corrected chi connectivity index (χ2v) is 9.80. The Hall–Kier alpha value is -2.82. The van der Waals surface area contributed by atoms with E-state index in [1.54, 1.807) is 39.0 Å². The summed E-state index contributed by atoms with van der Waals surface area (Å²) in [6.07, 6.45) is 8.36. The van der Waals surface area contributed by atoms with Gasteiger partial charge >= 0.3 is 11.9 Å². The van der Waals surface area contributed by atoms with Crippen LogP contribution < -0.4 is 5.73 Å². The van der Waals surface area contributed by atoms with Crippen molar-refractivity contribution in [3.63, 3.8) is 0 Å². The number of hydrogen-bond acceptors (Lipinski definition) is 9. The van der Waals surface area contributed by atoms with E-state index < -0.39 is 42.1 Å². The molecule has 0 aromatic rings. The van der Waals surface area contributed by atoms with E-state index in [1.165, 1.54) is 27.4 Å². The van der Waals surface area contributed by atoms with E-state index in [4.69, 9.17) is 10.5 Å². The summed E-state index contributed by atoms with van der Waals surface area (Å²) in [4.78, 5) is 46.6. The molecular formula is C29H47NO9. The highest BCUT2D eigenvalue weighted by atomic mass is 16.5. The van der Waals surface area contributed by atoms with Crippen molar-refractivity contribution in [2.75, 3.05) is 21.3 Å². The van der Waals surface area contributed by atoms with Crippen molar-refractivity contribution in [1.29, 1.82) is 0 Å². The fraction of sp³-hybridized carbons (Fsp3) is 0.655. The van der Waals surface area contributed by atoms with Gasteiger partial charge in [0.15, 0.2) is 0 Å². The number of aliphatic hydroxyl groups is 2. The zero-order valence-corrected chi connectivity index (χ0v) is 24.1. The monoisotopic (exact) mass is 553 g/mol. The molecule has 0 aliphatic rings. The number of rotatable bonds is 20. The number of primary amides is 1. The van der Waals surface area contributed by atoms with Gasteiger partial charge in [-0.2, -0.15) is 0 Å². The molecule has 0 rings (SSSR count). The van der Waals surface area contributed by atoms with Crippen molar-refractivity contribution in [2.45, 2.75) is 84.0 Å². The van der Waals surface area contributed by atoms with Crippen molar-refractivity contribution in [1.82, 2.24) is 0 Å². The van der Waals surface area contributed by atoms with Gasteiger partial charge < -0.3 is 30.2 Å². The molecule has 0 heterocycles. The van der Waals surface area contributed by atoms with E-state index in [2.05, 4.69) is 9.47 Å². The standard InChI is InChI=1S/C29H47NO9/c1-19(16-20(2)29(36)24(37-4)14-9-7-8-10-15-26(33)38-5)28(35)21(3)23(31)13-11-12-22(17-25(30)32)18-27(34)39-6/h9-10,14-16,20-22,24,28-29,35-36H,7-8,11-13,17-18H2,1-6H3,(H2,30,32)/b14-9+,15-10+,19-16-/t20-,21+,22+,24+,28+,29-/m1/s1. The topological polar surface area (TPSA) is 162 Å². The molecule has 6 atom stereocenters. The van der Waals surface area contributed by atoms with E-state index in [-0.39, 0.29) is 36.9 Å². The fourth-order valence-corrected chi connectivity index (χ4v) is 4.16. The first-order valence-electron chi connectivity index (χ1n) is 13.2. The molecule has 4 N–H and O–H groups in total. The van der Waals surface area contributed by atoms with Gasteiger partial charge in [-0.05, 0) is 44.1 Å². The fourth-order valence-electron chi connectivity index (χ4n) is 4.16. The molecule has 1 amide bonds. The van der Waals surface area contributed by atoms with Crippen molar-refractivity contribution in [3.05, 3.63) is 36.0 Å². The van der Waals surface area contributed by atoms with Crippen molar-refractivity contribution >= 4 is 23.6 Å². The highest BCUT2D eigenvalue weighted by Crippen LogP contribution is 2.23. The molecule has 0 aliphatic heterocycles. The molecule has 0 radical (unpaired) electrons. The molecule has 39 heavy (non-hydrogen) atoms. The summed E-state index contributed by atoms with van der Waals surface area (Å²) in [5.74, 6) is -2.85. The lowest BCUT2D eigenvalue weighted by atomic mass is 9.87. The first-order valence-corrected chi connectivity index (χ1v) is 13.2. The van der Waals surface area contributed by atoms with E-state index in [1.807, 2.05) is 6.08 Å². The number of amides is 1. The molecule has 10 nitrogen and oxygen atoms in total. The number of Topliss-reactive ketones (excluding diaryl/α,β-unsaturated/α-hetero) is 1. The number of hydrogen-bond donors (Lipinski definition) is 3. The second kappa shape index (κ2) is 20.1. The van der Waals surface area contributed by atoms with E-state index in [9.17, 15) is 29.4 Å². The van der Waals surface area contributed by atoms with Crippen molar-refractivity contribution in [2.24, 2.45) is 23.5 Å². The zero-order chi connectivity index (χ0) is 30.0. The third-order valence-corrected chi connectivity index (χ3v) is 6.61. The zero-order valence-electron chi connectivity index (χ0n) is 24.1. The van der Waals surface area contributed by atoms with Crippen LogP contribution in [0.25, 0.3) is 0 Å². The molecular weight excluding hydrogens is 506 g/mol. The Bertz CT molecular complexity index is 865. The largest absolute Gasteiger partial charge is 0.469 e. The number of carbonyl (C=O) groups excluding carboxylic acids is 4. The summed E-state index contributed by atoms with van der Waals surface area (Å²) < 4.78 is 14.6. The Kier molecular flexibility index (Phi) is 18.7. The van der Waals surface area contributed by atoms with Crippen LogP contribution in [-0.2, 0) is 33.4 Å². The van der Waals surface area contributed by atoms with Crippen LogP contribution in [0.1, 0.15) is 65.7 Å². The van der Waals surface area contributed by atoms with Gasteiger partial charge in [0.1, 0.15) is 11.9 Å². The normalized spacial score (nSPS) is 16.9. The lowest BCUT2D eigenvalue weighted by molar-refractivity contribution is -0.142. The molecule has 0 saturated heterocycles. The maximum absolute atomic E-state index is 12.7. The van der Waals surface area contributed by atoms with Crippen LogP contribution in [-0.4, -0.2) is 73.5 Å². The molecule has 222 valence electrons. The Labute approximate surface area is 232 Å². The minimum Gasteiger partial charge on any atom is -0.469 e. The summed E-state index contributed by atoms with van der Waals surface area (Å²) >= 11 is 0. The Morgan fingerprint density at radius 1 is 0.949 bits per heavy atom. The first kappa shape index (κ1) is 36.2. The summed E-state index contributed by atoms with van der Waals surface area (Å²) in [6, 6.07) is 0. The molecule has 0 spiro atoms. The average molecular weight is 554 g/mol. The van der Waals surface area contributed by atoms with Crippen molar-refractivity contribution in [3.8, 4) is 0 Å². The lowest BCUT2D eigenvalue weighted by Crippen LogP contribution is -2.32. The van der Waals surface area contributed by atoms with Crippen LogP contribution >= 0.6 is 0 Å². The van der Waals surface area contributed by atoms with Gasteiger partial charge in [-0.25, -0.2) is 4.79 Å². The molecule has 0 fully saturated rings. The molecule has 0 aromatic carbocycles. The first-order chi connectivity index (χ1) is 18.4. The second-order valence-electron chi connectivity index (χ2n) is 9.80. The third kappa shape index (κ3) is 15.4. The van der Waals surface area contributed by atoms with Crippen LogP contribution in [0.5, 0.6) is 0 Å². The van der Waals surface area contributed by atoms with Crippen LogP contribution in [0.4, 0.5) is 0 Å². The number of methoxy groups -OCH3 is 3. The molecule has 10 heteroatoms. The summed E-state index contributed by atoms with van der Waals surface area (Å²) in [5, 5.41) is 21.5. The number of unbranched alkanes of at least 4 members (excludes halogenated alkanes) is 1.